The first-order valence-corrected chi connectivity index (χ1v) is 9.77. The van der Waals surface area contributed by atoms with Crippen LogP contribution in [-0.4, -0.2) is 66.6 Å². The maximum Gasteiger partial charge on any atom is 0.331 e. The summed E-state index contributed by atoms with van der Waals surface area (Å²) in [6, 6.07) is 1.27. The molecule has 0 bridgehead atoms. The first kappa shape index (κ1) is 20.4. The van der Waals surface area contributed by atoms with Gasteiger partial charge in [-0.2, -0.15) is 4.31 Å². The lowest BCUT2D eigenvalue weighted by atomic mass is 10.0. The Morgan fingerprint density at radius 2 is 1.92 bits per heavy atom. The number of rotatable bonds is 7. The molecule has 1 atom stereocenters. The van der Waals surface area contributed by atoms with Gasteiger partial charge in [0.25, 0.3) is 5.91 Å². The number of carboxylic acids is 1. The summed E-state index contributed by atoms with van der Waals surface area (Å²) in [6.07, 6.45) is 4.00. The summed E-state index contributed by atoms with van der Waals surface area (Å²) >= 11 is 0. The van der Waals surface area contributed by atoms with Crippen molar-refractivity contribution < 1.29 is 27.9 Å². The number of sulfonamides is 1. The number of piperidine rings is 1. The normalized spacial score (nSPS) is 18.3. The molecule has 1 saturated heterocycles. The fourth-order valence-electron chi connectivity index (χ4n) is 2.91. The van der Waals surface area contributed by atoms with E-state index >= 15 is 0 Å². The summed E-state index contributed by atoms with van der Waals surface area (Å²) in [4.78, 5) is 24.0. The summed E-state index contributed by atoms with van der Waals surface area (Å²) in [7, 11) is -0.803. The highest BCUT2D eigenvalue weighted by Gasteiger charge is 2.36. The predicted molar refractivity (Wildman–Crippen MR) is 93.4 cm³/mol. The van der Waals surface area contributed by atoms with Crippen LogP contribution in [0.3, 0.4) is 0 Å². The number of amides is 1. The Morgan fingerprint density at radius 1 is 1.31 bits per heavy atom. The van der Waals surface area contributed by atoms with E-state index in [2.05, 4.69) is 5.32 Å². The van der Waals surface area contributed by atoms with E-state index in [1.54, 1.807) is 7.05 Å². The first-order valence-electron chi connectivity index (χ1n) is 8.33. The average molecular weight is 387 g/mol. The standard InChI is InChI=1S/C16H25N3O6S/c1-16(11-25-3,15(21)22)17-14(20)13-9-12(10-18(13)2)26(23,24)19-7-5-4-6-8-19/h9-10H,4-8,11H2,1-3H3,(H,17,20)(H,21,22). The molecule has 0 aliphatic carbocycles. The number of hydrogen-bond acceptors (Lipinski definition) is 5. The molecule has 1 amide bonds. The van der Waals surface area contributed by atoms with Crippen molar-refractivity contribution in [3.05, 3.63) is 18.0 Å². The van der Waals surface area contributed by atoms with Crippen LogP contribution in [0.2, 0.25) is 0 Å². The molecular formula is C16H25N3O6S. The number of carboxylic acid groups (broad SMARTS) is 1. The van der Waals surface area contributed by atoms with Gasteiger partial charge in [-0.05, 0) is 25.8 Å². The Balaban J connectivity index is 2.26. The summed E-state index contributed by atoms with van der Waals surface area (Å²) in [5, 5.41) is 11.7. The molecule has 26 heavy (non-hydrogen) atoms. The highest BCUT2D eigenvalue weighted by molar-refractivity contribution is 7.89. The summed E-state index contributed by atoms with van der Waals surface area (Å²) in [5.74, 6) is -1.93. The number of hydrogen-bond donors (Lipinski definition) is 2. The molecule has 9 nitrogen and oxygen atoms in total. The lowest BCUT2D eigenvalue weighted by molar-refractivity contribution is -0.145. The minimum Gasteiger partial charge on any atom is -0.479 e. The molecule has 146 valence electrons. The highest BCUT2D eigenvalue weighted by Crippen LogP contribution is 2.22. The number of aryl methyl sites for hydroxylation is 1. The van der Waals surface area contributed by atoms with E-state index in [9.17, 15) is 23.1 Å². The molecule has 1 aliphatic heterocycles. The molecule has 2 heterocycles. The van der Waals surface area contributed by atoms with Crippen LogP contribution in [0.4, 0.5) is 0 Å². The van der Waals surface area contributed by atoms with Gasteiger partial charge in [-0.25, -0.2) is 13.2 Å². The monoisotopic (exact) mass is 387 g/mol. The van der Waals surface area contributed by atoms with Crippen LogP contribution in [-0.2, 0) is 26.6 Å². The maximum atomic E-state index is 12.7. The third kappa shape index (κ3) is 4.08. The SMILES string of the molecule is COCC(C)(NC(=O)c1cc(S(=O)(=O)N2CCCCC2)cn1C)C(=O)O. The van der Waals surface area contributed by atoms with Gasteiger partial charge in [0.2, 0.25) is 10.0 Å². The van der Waals surface area contributed by atoms with Crippen LogP contribution in [0.15, 0.2) is 17.2 Å². The van der Waals surface area contributed by atoms with E-state index in [1.807, 2.05) is 0 Å². The lowest BCUT2D eigenvalue weighted by Crippen LogP contribution is -2.55. The number of carbonyl (C=O) groups excluding carboxylic acids is 1. The number of methoxy groups -OCH3 is 1. The van der Waals surface area contributed by atoms with Crippen LogP contribution < -0.4 is 5.32 Å². The van der Waals surface area contributed by atoms with Crippen LogP contribution in [0.5, 0.6) is 0 Å². The molecule has 1 fully saturated rings. The second-order valence-corrected chi connectivity index (χ2v) is 8.60. The summed E-state index contributed by atoms with van der Waals surface area (Å²) in [5.41, 5.74) is -1.56. The van der Waals surface area contributed by atoms with E-state index in [-0.39, 0.29) is 17.2 Å². The van der Waals surface area contributed by atoms with Gasteiger partial charge < -0.3 is 19.7 Å². The van der Waals surface area contributed by atoms with E-state index in [1.165, 1.54) is 35.2 Å². The van der Waals surface area contributed by atoms with Crippen molar-refractivity contribution >= 4 is 21.9 Å². The van der Waals surface area contributed by atoms with Crippen molar-refractivity contribution in [1.82, 2.24) is 14.2 Å². The topological polar surface area (TPSA) is 118 Å². The number of aromatic nitrogens is 1. The molecule has 1 aromatic rings. The number of ether oxygens (including phenoxy) is 1. The van der Waals surface area contributed by atoms with Gasteiger partial charge in [-0.3, -0.25) is 4.79 Å². The quantitative estimate of drug-likeness (QED) is 0.700. The second-order valence-electron chi connectivity index (χ2n) is 6.66. The van der Waals surface area contributed by atoms with Crippen molar-refractivity contribution in [2.24, 2.45) is 7.05 Å². The van der Waals surface area contributed by atoms with Gasteiger partial charge in [0.1, 0.15) is 10.6 Å². The molecule has 0 spiro atoms. The highest BCUT2D eigenvalue weighted by atomic mass is 32.2. The van der Waals surface area contributed by atoms with E-state index in [0.717, 1.165) is 19.3 Å². The average Bonchev–Trinajstić information content (AvgIpc) is 2.98. The van der Waals surface area contributed by atoms with Crippen LogP contribution in [0.25, 0.3) is 0 Å². The Kier molecular flexibility index (Phi) is 6.09. The Morgan fingerprint density at radius 3 is 2.46 bits per heavy atom. The van der Waals surface area contributed by atoms with Gasteiger partial charge in [0.15, 0.2) is 5.54 Å². The second kappa shape index (κ2) is 7.77. The summed E-state index contributed by atoms with van der Waals surface area (Å²) < 4.78 is 33.1. The van der Waals surface area contributed by atoms with E-state index < -0.39 is 27.4 Å². The van der Waals surface area contributed by atoms with Gasteiger partial charge >= 0.3 is 5.97 Å². The Labute approximate surface area is 153 Å². The third-order valence-corrected chi connectivity index (χ3v) is 6.32. The molecule has 1 unspecified atom stereocenters. The van der Waals surface area contributed by atoms with E-state index in [4.69, 9.17) is 4.74 Å². The molecule has 1 aromatic heterocycles. The minimum atomic E-state index is -3.68. The Hall–Kier alpha value is -1.91. The molecule has 0 saturated carbocycles. The van der Waals surface area contributed by atoms with Gasteiger partial charge in [-0.1, -0.05) is 6.42 Å². The van der Waals surface area contributed by atoms with Crippen LogP contribution in [0.1, 0.15) is 36.7 Å². The van der Waals surface area contributed by atoms with Crippen LogP contribution >= 0.6 is 0 Å². The predicted octanol–water partition coefficient (Wildman–Crippen LogP) is 0.419. The zero-order chi connectivity index (χ0) is 19.5. The minimum absolute atomic E-state index is 0.0239. The lowest BCUT2D eigenvalue weighted by Gasteiger charge is -2.25. The molecular weight excluding hydrogens is 362 g/mol. The maximum absolute atomic E-state index is 12.7. The van der Waals surface area contributed by atoms with E-state index in [0.29, 0.717) is 13.1 Å². The van der Waals surface area contributed by atoms with Crippen molar-refractivity contribution in [3.8, 4) is 0 Å². The molecule has 10 heteroatoms. The Bertz CT molecular complexity index is 782. The fourth-order valence-corrected chi connectivity index (χ4v) is 4.50. The number of nitrogens with zero attached hydrogens (tertiary/aromatic N) is 2. The van der Waals surface area contributed by atoms with Crippen molar-refractivity contribution in [1.29, 1.82) is 0 Å². The van der Waals surface area contributed by atoms with Crippen molar-refractivity contribution in [2.75, 3.05) is 26.8 Å². The molecule has 1 aliphatic rings. The molecule has 0 radical (unpaired) electrons. The smallest absolute Gasteiger partial charge is 0.331 e. The number of carbonyl (C=O) groups is 2. The largest absolute Gasteiger partial charge is 0.479 e. The zero-order valence-electron chi connectivity index (χ0n) is 15.2. The number of aliphatic carboxylic acids is 1. The zero-order valence-corrected chi connectivity index (χ0v) is 16.0. The fraction of sp³-hybridized carbons (Fsp3) is 0.625. The number of nitrogens with one attached hydrogen (secondary N) is 1. The van der Waals surface area contributed by atoms with Crippen molar-refractivity contribution in [2.45, 2.75) is 36.6 Å². The van der Waals surface area contributed by atoms with Crippen molar-refractivity contribution in [3.63, 3.8) is 0 Å². The van der Waals surface area contributed by atoms with Gasteiger partial charge in [0.05, 0.1) is 6.61 Å². The molecule has 2 N–H and O–H groups in total. The van der Waals surface area contributed by atoms with Gasteiger partial charge in [-0.15, -0.1) is 0 Å². The van der Waals surface area contributed by atoms with Crippen LogP contribution in [0, 0.1) is 0 Å². The molecule has 0 aromatic carbocycles. The summed E-state index contributed by atoms with van der Waals surface area (Å²) in [6.45, 7) is 2.02. The van der Waals surface area contributed by atoms with Gasteiger partial charge in [0, 0.05) is 33.4 Å². The molecule has 2 rings (SSSR count). The third-order valence-electron chi connectivity index (χ3n) is 4.46. The first-order chi connectivity index (χ1) is 12.1.